The Hall–Kier alpha value is -1.59. The van der Waals surface area contributed by atoms with Crippen LogP contribution in [-0.4, -0.2) is 41.6 Å². The van der Waals surface area contributed by atoms with Crippen LogP contribution in [0.3, 0.4) is 0 Å². The Bertz CT molecular complexity index is 627. The molecule has 11 heteroatoms. The predicted molar refractivity (Wildman–Crippen MR) is 75.4 cm³/mol. The number of carbonyl (C=O) groups is 2. The molecule has 0 spiro atoms. The van der Waals surface area contributed by atoms with Gasteiger partial charge >= 0.3 is 5.97 Å². The molecule has 0 aliphatic heterocycles. The van der Waals surface area contributed by atoms with E-state index in [0.717, 1.165) is 0 Å². The van der Waals surface area contributed by atoms with E-state index in [4.69, 9.17) is 5.11 Å². The Morgan fingerprint density at radius 1 is 1.38 bits per heavy atom. The van der Waals surface area contributed by atoms with E-state index < -0.39 is 32.3 Å². The minimum absolute atomic E-state index is 0.0262. The lowest BCUT2D eigenvalue weighted by atomic mass is 10.0. The maximum Gasteiger partial charge on any atom is 0.322 e. The second-order valence-electron chi connectivity index (χ2n) is 4.38. The van der Waals surface area contributed by atoms with Gasteiger partial charge in [-0.15, -0.1) is 10.2 Å². The minimum atomic E-state index is -4.11. The normalized spacial score (nSPS) is 14.4. The number of carboxylic acid groups (broad SMARTS) is 1. The lowest BCUT2D eigenvalue weighted by molar-refractivity contribution is -0.140. The number of aromatic nitrogens is 2. The summed E-state index contributed by atoms with van der Waals surface area (Å²) in [5, 5.41) is 18.4. The Kier molecular flexibility index (Phi) is 5.75. The molecule has 1 rings (SSSR count). The minimum Gasteiger partial charge on any atom is -0.480 e. The highest BCUT2D eigenvalue weighted by Gasteiger charge is 2.31. The van der Waals surface area contributed by atoms with E-state index >= 15 is 0 Å². The molecular weight excluding hydrogens is 320 g/mol. The van der Waals surface area contributed by atoms with Crippen molar-refractivity contribution in [3.05, 3.63) is 0 Å². The smallest absolute Gasteiger partial charge is 0.322 e. The van der Waals surface area contributed by atoms with E-state index in [-0.39, 0.29) is 11.0 Å². The second kappa shape index (κ2) is 6.91. The van der Waals surface area contributed by atoms with Gasteiger partial charge in [0.1, 0.15) is 6.04 Å². The standard InChI is InChI=1S/C10H16N4O5S2/c1-4-5(2)7(8(16)17)14-21(18,19)10-13-12-9(20-10)11-6(3)15/h5,7,14H,4H2,1-3H3,(H,16,17)(H,11,12,15)/t5?,7-/m0/s1. The van der Waals surface area contributed by atoms with Gasteiger partial charge < -0.3 is 10.4 Å². The zero-order chi connectivity index (χ0) is 16.2. The monoisotopic (exact) mass is 336 g/mol. The maximum atomic E-state index is 12.1. The first-order valence-corrected chi connectivity index (χ1v) is 8.33. The molecule has 9 nitrogen and oxygen atoms in total. The summed E-state index contributed by atoms with van der Waals surface area (Å²) < 4.78 is 25.9. The van der Waals surface area contributed by atoms with E-state index in [9.17, 15) is 18.0 Å². The van der Waals surface area contributed by atoms with Gasteiger partial charge in [0.25, 0.3) is 10.0 Å². The fourth-order valence-electron chi connectivity index (χ4n) is 1.38. The molecule has 0 saturated heterocycles. The molecular formula is C10H16N4O5S2. The van der Waals surface area contributed by atoms with Gasteiger partial charge in [-0.05, 0) is 5.92 Å². The van der Waals surface area contributed by atoms with Gasteiger partial charge in [0.05, 0.1) is 0 Å². The average Bonchev–Trinajstić information content (AvgIpc) is 2.83. The first kappa shape index (κ1) is 17.5. The van der Waals surface area contributed by atoms with E-state index in [0.29, 0.717) is 17.8 Å². The van der Waals surface area contributed by atoms with Crippen LogP contribution in [0.1, 0.15) is 27.2 Å². The van der Waals surface area contributed by atoms with Gasteiger partial charge in [-0.2, -0.15) is 4.72 Å². The van der Waals surface area contributed by atoms with Crippen molar-refractivity contribution >= 4 is 38.4 Å². The quantitative estimate of drug-likeness (QED) is 0.608. The van der Waals surface area contributed by atoms with E-state index in [1.807, 2.05) is 0 Å². The summed E-state index contributed by atoms with van der Waals surface area (Å²) in [5.41, 5.74) is 0. The molecule has 0 bridgehead atoms. The van der Waals surface area contributed by atoms with E-state index in [1.54, 1.807) is 13.8 Å². The van der Waals surface area contributed by atoms with Crippen molar-refractivity contribution in [2.45, 2.75) is 37.6 Å². The van der Waals surface area contributed by atoms with Crippen LogP contribution < -0.4 is 10.0 Å². The summed E-state index contributed by atoms with van der Waals surface area (Å²) in [7, 11) is -4.11. The largest absolute Gasteiger partial charge is 0.480 e. The van der Waals surface area contributed by atoms with Crippen LogP contribution >= 0.6 is 11.3 Å². The predicted octanol–water partition coefficient (Wildman–Crippen LogP) is 0.274. The molecule has 0 fully saturated rings. The van der Waals surface area contributed by atoms with Crippen LogP contribution in [0.5, 0.6) is 0 Å². The van der Waals surface area contributed by atoms with Crippen molar-refractivity contribution in [2.75, 3.05) is 5.32 Å². The molecule has 1 amide bonds. The Morgan fingerprint density at radius 2 is 2.00 bits per heavy atom. The molecule has 1 aromatic rings. The second-order valence-corrected chi connectivity index (χ2v) is 7.24. The van der Waals surface area contributed by atoms with Crippen LogP contribution in [0, 0.1) is 5.92 Å². The number of carbonyl (C=O) groups excluding carboxylic acids is 1. The molecule has 3 N–H and O–H groups in total. The van der Waals surface area contributed by atoms with Crippen molar-refractivity contribution < 1.29 is 23.1 Å². The van der Waals surface area contributed by atoms with Gasteiger partial charge in [0.15, 0.2) is 0 Å². The van der Waals surface area contributed by atoms with Crippen molar-refractivity contribution in [3.63, 3.8) is 0 Å². The first-order chi connectivity index (χ1) is 9.67. The maximum absolute atomic E-state index is 12.1. The molecule has 1 aromatic heterocycles. The van der Waals surface area contributed by atoms with Gasteiger partial charge in [0.2, 0.25) is 15.4 Å². The lowest BCUT2D eigenvalue weighted by Crippen LogP contribution is -2.44. The van der Waals surface area contributed by atoms with Crippen LogP contribution in [0.25, 0.3) is 0 Å². The van der Waals surface area contributed by atoms with Gasteiger partial charge in [-0.1, -0.05) is 31.6 Å². The Morgan fingerprint density at radius 3 is 2.48 bits per heavy atom. The fourth-order valence-corrected chi connectivity index (χ4v) is 3.64. The summed E-state index contributed by atoms with van der Waals surface area (Å²) in [6.45, 7) is 4.64. The number of aliphatic carboxylic acids is 1. The fraction of sp³-hybridized carbons (Fsp3) is 0.600. The van der Waals surface area contributed by atoms with Crippen molar-refractivity contribution in [2.24, 2.45) is 5.92 Å². The third-order valence-electron chi connectivity index (χ3n) is 2.68. The topological polar surface area (TPSA) is 138 Å². The summed E-state index contributed by atoms with van der Waals surface area (Å²) >= 11 is 0.644. The summed E-state index contributed by atoms with van der Waals surface area (Å²) in [6.07, 6.45) is 0.493. The first-order valence-electron chi connectivity index (χ1n) is 6.03. The summed E-state index contributed by atoms with van der Waals surface area (Å²) in [6, 6.07) is -1.26. The molecule has 0 aromatic carbocycles. The molecule has 1 unspecified atom stereocenters. The average molecular weight is 336 g/mol. The number of nitrogens with one attached hydrogen (secondary N) is 2. The number of nitrogens with zero attached hydrogens (tertiary/aromatic N) is 2. The number of hydrogen-bond donors (Lipinski definition) is 3. The summed E-state index contributed by atoms with van der Waals surface area (Å²) in [5.74, 6) is -2.06. The molecule has 118 valence electrons. The van der Waals surface area contributed by atoms with Gasteiger partial charge in [-0.3, -0.25) is 9.59 Å². The molecule has 21 heavy (non-hydrogen) atoms. The number of sulfonamides is 1. The molecule has 1 heterocycles. The SMILES string of the molecule is CCC(C)[C@H](NS(=O)(=O)c1nnc(NC(C)=O)s1)C(=O)O. The lowest BCUT2D eigenvalue weighted by Gasteiger charge is -2.18. The number of hydrogen-bond acceptors (Lipinski definition) is 7. The highest BCUT2D eigenvalue weighted by Crippen LogP contribution is 2.21. The third-order valence-corrected chi connectivity index (χ3v) is 5.33. The van der Waals surface area contributed by atoms with Crippen molar-refractivity contribution in [3.8, 4) is 0 Å². The number of anilines is 1. The molecule has 0 radical (unpaired) electrons. The molecule has 0 saturated carbocycles. The van der Waals surface area contributed by atoms with Gasteiger partial charge in [0, 0.05) is 6.92 Å². The van der Waals surface area contributed by atoms with Crippen LogP contribution in [0.4, 0.5) is 5.13 Å². The number of amides is 1. The van der Waals surface area contributed by atoms with Crippen LogP contribution in [-0.2, 0) is 19.6 Å². The van der Waals surface area contributed by atoms with Crippen molar-refractivity contribution in [1.82, 2.24) is 14.9 Å². The number of rotatable bonds is 7. The van der Waals surface area contributed by atoms with E-state index in [2.05, 4.69) is 20.2 Å². The van der Waals surface area contributed by atoms with Crippen molar-refractivity contribution in [1.29, 1.82) is 0 Å². The highest BCUT2D eigenvalue weighted by atomic mass is 32.2. The molecule has 2 atom stereocenters. The zero-order valence-electron chi connectivity index (χ0n) is 11.7. The Labute approximate surface area is 125 Å². The molecule has 0 aliphatic carbocycles. The third kappa shape index (κ3) is 4.72. The van der Waals surface area contributed by atoms with Crippen LogP contribution in [0.15, 0.2) is 4.34 Å². The van der Waals surface area contributed by atoms with Gasteiger partial charge in [-0.25, -0.2) is 8.42 Å². The zero-order valence-corrected chi connectivity index (χ0v) is 13.3. The number of carboxylic acids is 1. The summed E-state index contributed by atoms with van der Waals surface area (Å²) in [4.78, 5) is 22.0. The van der Waals surface area contributed by atoms with E-state index in [1.165, 1.54) is 6.92 Å². The van der Waals surface area contributed by atoms with Crippen LogP contribution in [0.2, 0.25) is 0 Å². The Balaban J connectivity index is 2.97. The molecule has 0 aliphatic rings. The highest BCUT2D eigenvalue weighted by molar-refractivity contribution is 7.91.